The average Bonchev–Trinajstić information content (AvgIpc) is 3.05. The van der Waals surface area contributed by atoms with Crippen LogP contribution in [0.15, 0.2) is 18.2 Å². The molecule has 5 nitrogen and oxygen atoms in total. The van der Waals surface area contributed by atoms with E-state index >= 15 is 0 Å². The molecule has 0 aliphatic heterocycles. The molecule has 0 amide bonds. The molecule has 1 aromatic carbocycles. The lowest BCUT2D eigenvalue weighted by Gasteiger charge is -2.20. The zero-order chi connectivity index (χ0) is 15.0. The second-order valence-electron chi connectivity index (χ2n) is 5.85. The maximum Gasteiger partial charge on any atom is 0.184 e. The van der Waals surface area contributed by atoms with Crippen molar-refractivity contribution in [3.63, 3.8) is 0 Å². The molecule has 3 unspecified atom stereocenters. The standard InChI is InChI=1S/C15H20ClN5/c1-3-10-4-7-14(9(10)2)21-15(18-19-20-21)12-6-5-11(16)8-13(12)17/h5-6,8-10,14H,3-4,7,17H2,1-2H3. The van der Waals surface area contributed by atoms with Crippen LogP contribution in [0.5, 0.6) is 0 Å². The third-order valence-corrected chi connectivity index (χ3v) is 5.00. The summed E-state index contributed by atoms with van der Waals surface area (Å²) in [5.41, 5.74) is 7.53. The Kier molecular flexibility index (Phi) is 3.85. The van der Waals surface area contributed by atoms with Crippen molar-refractivity contribution in [1.29, 1.82) is 0 Å². The van der Waals surface area contributed by atoms with E-state index in [-0.39, 0.29) is 0 Å². The van der Waals surface area contributed by atoms with Gasteiger partial charge in [0.15, 0.2) is 5.82 Å². The third kappa shape index (κ3) is 2.50. The van der Waals surface area contributed by atoms with Gasteiger partial charge >= 0.3 is 0 Å². The van der Waals surface area contributed by atoms with Gasteiger partial charge in [-0.3, -0.25) is 0 Å². The molecule has 0 spiro atoms. The SMILES string of the molecule is CCC1CCC(n2nnnc2-c2ccc(Cl)cc2N)C1C. The van der Waals surface area contributed by atoms with Gasteiger partial charge in [0, 0.05) is 16.3 Å². The van der Waals surface area contributed by atoms with Crippen LogP contribution in [0, 0.1) is 11.8 Å². The van der Waals surface area contributed by atoms with Gasteiger partial charge in [0.2, 0.25) is 0 Å². The predicted molar refractivity (Wildman–Crippen MR) is 83.9 cm³/mol. The zero-order valence-corrected chi connectivity index (χ0v) is 13.1. The van der Waals surface area contributed by atoms with Gasteiger partial charge in [0.05, 0.1) is 6.04 Å². The molecule has 6 heteroatoms. The van der Waals surface area contributed by atoms with E-state index in [4.69, 9.17) is 17.3 Å². The summed E-state index contributed by atoms with van der Waals surface area (Å²) >= 11 is 5.97. The molecule has 0 saturated heterocycles. The Hall–Kier alpha value is -1.62. The maximum absolute atomic E-state index is 6.07. The van der Waals surface area contributed by atoms with Gasteiger partial charge in [-0.15, -0.1) is 5.10 Å². The van der Waals surface area contributed by atoms with Crippen LogP contribution >= 0.6 is 11.6 Å². The fraction of sp³-hybridized carbons (Fsp3) is 0.533. The Morgan fingerprint density at radius 1 is 1.38 bits per heavy atom. The van der Waals surface area contributed by atoms with E-state index in [1.807, 2.05) is 16.8 Å². The number of benzene rings is 1. The lowest BCUT2D eigenvalue weighted by atomic mass is 9.93. The molecule has 3 rings (SSSR count). The zero-order valence-electron chi connectivity index (χ0n) is 12.3. The number of hydrogen-bond donors (Lipinski definition) is 1. The summed E-state index contributed by atoms with van der Waals surface area (Å²) in [5.74, 6) is 2.05. The van der Waals surface area contributed by atoms with E-state index in [2.05, 4.69) is 29.4 Å². The predicted octanol–water partition coefficient (Wildman–Crippen LogP) is 3.57. The van der Waals surface area contributed by atoms with E-state index in [1.165, 1.54) is 12.8 Å². The second-order valence-corrected chi connectivity index (χ2v) is 6.29. The summed E-state index contributed by atoms with van der Waals surface area (Å²) in [6.07, 6.45) is 3.56. The van der Waals surface area contributed by atoms with Crippen molar-refractivity contribution in [2.45, 2.75) is 39.2 Å². The Morgan fingerprint density at radius 2 is 2.19 bits per heavy atom. The quantitative estimate of drug-likeness (QED) is 0.880. The highest BCUT2D eigenvalue weighted by Gasteiger charge is 2.35. The molecule has 1 aromatic heterocycles. The van der Waals surface area contributed by atoms with Crippen LogP contribution in [0.25, 0.3) is 11.4 Å². The molecule has 1 aliphatic carbocycles. The van der Waals surface area contributed by atoms with Crippen LogP contribution < -0.4 is 5.73 Å². The van der Waals surface area contributed by atoms with Crippen LogP contribution in [-0.4, -0.2) is 20.2 Å². The molecule has 1 saturated carbocycles. The molecule has 2 N–H and O–H groups in total. The smallest absolute Gasteiger partial charge is 0.184 e. The minimum atomic E-state index is 0.343. The van der Waals surface area contributed by atoms with Gasteiger partial charge in [0.25, 0.3) is 0 Å². The van der Waals surface area contributed by atoms with Crippen molar-refractivity contribution in [2.75, 3.05) is 5.73 Å². The van der Waals surface area contributed by atoms with Crippen LogP contribution in [-0.2, 0) is 0 Å². The Labute approximate surface area is 129 Å². The molecule has 3 atom stereocenters. The van der Waals surface area contributed by atoms with Crippen LogP contribution in [0.4, 0.5) is 5.69 Å². The maximum atomic E-state index is 6.07. The lowest BCUT2D eigenvalue weighted by molar-refractivity contribution is 0.310. The average molecular weight is 306 g/mol. The Balaban J connectivity index is 1.98. The van der Waals surface area contributed by atoms with E-state index in [9.17, 15) is 0 Å². The summed E-state index contributed by atoms with van der Waals surface area (Å²) < 4.78 is 1.94. The lowest BCUT2D eigenvalue weighted by Crippen LogP contribution is -2.18. The number of halogens is 1. The minimum Gasteiger partial charge on any atom is -0.398 e. The second kappa shape index (κ2) is 5.64. The Bertz CT molecular complexity index is 639. The van der Waals surface area contributed by atoms with Crippen LogP contribution in [0.3, 0.4) is 0 Å². The largest absolute Gasteiger partial charge is 0.398 e. The van der Waals surface area contributed by atoms with Crippen molar-refractivity contribution in [3.8, 4) is 11.4 Å². The fourth-order valence-corrected chi connectivity index (χ4v) is 3.66. The highest BCUT2D eigenvalue weighted by Crippen LogP contribution is 2.42. The van der Waals surface area contributed by atoms with Gasteiger partial charge in [-0.2, -0.15) is 0 Å². The summed E-state index contributed by atoms with van der Waals surface area (Å²) in [6, 6.07) is 5.79. The van der Waals surface area contributed by atoms with E-state index in [0.29, 0.717) is 22.7 Å². The fourth-order valence-electron chi connectivity index (χ4n) is 3.48. The van der Waals surface area contributed by atoms with Gasteiger partial charge < -0.3 is 5.73 Å². The number of tetrazole rings is 1. The first-order chi connectivity index (χ1) is 10.1. The van der Waals surface area contributed by atoms with Crippen molar-refractivity contribution >= 4 is 17.3 Å². The molecule has 1 aliphatic rings. The molecule has 21 heavy (non-hydrogen) atoms. The highest BCUT2D eigenvalue weighted by molar-refractivity contribution is 6.31. The van der Waals surface area contributed by atoms with Crippen LogP contribution in [0.1, 0.15) is 39.2 Å². The molecule has 1 heterocycles. The molecule has 112 valence electrons. The first kappa shape index (κ1) is 14.3. The summed E-state index contributed by atoms with van der Waals surface area (Å²) in [4.78, 5) is 0. The first-order valence-corrected chi connectivity index (χ1v) is 7.82. The minimum absolute atomic E-state index is 0.343. The molecular weight excluding hydrogens is 286 g/mol. The van der Waals surface area contributed by atoms with E-state index in [1.54, 1.807) is 6.07 Å². The number of anilines is 1. The molecule has 0 radical (unpaired) electrons. The van der Waals surface area contributed by atoms with Crippen molar-refractivity contribution in [1.82, 2.24) is 20.2 Å². The molecular formula is C15H20ClN5. The topological polar surface area (TPSA) is 69.6 Å². The number of rotatable bonds is 3. The van der Waals surface area contributed by atoms with Crippen molar-refractivity contribution in [2.24, 2.45) is 11.8 Å². The number of nitrogen functional groups attached to an aromatic ring is 1. The van der Waals surface area contributed by atoms with Crippen LogP contribution in [0.2, 0.25) is 5.02 Å². The normalized spacial score (nSPS) is 25.4. The van der Waals surface area contributed by atoms with Gasteiger partial charge in [-0.1, -0.05) is 31.9 Å². The summed E-state index contributed by atoms with van der Waals surface area (Å²) in [7, 11) is 0. The number of aromatic nitrogens is 4. The number of nitrogens with two attached hydrogens (primary N) is 1. The molecule has 2 aromatic rings. The molecule has 0 bridgehead atoms. The van der Waals surface area contributed by atoms with Gasteiger partial charge in [-0.25, -0.2) is 4.68 Å². The van der Waals surface area contributed by atoms with Gasteiger partial charge in [0.1, 0.15) is 0 Å². The monoisotopic (exact) mass is 305 g/mol. The van der Waals surface area contributed by atoms with Crippen molar-refractivity contribution in [3.05, 3.63) is 23.2 Å². The molecule has 1 fully saturated rings. The number of hydrogen-bond acceptors (Lipinski definition) is 4. The Morgan fingerprint density at radius 3 is 2.86 bits per heavy atom. The van der Waals surface area contributed by atoms with E-state index < -0.39 is 0 Å². The summed E-state index contributed by atoms with van der Waals surface area (Å²) in [6.45, 7) is 4.55. The number of nitrogens with zero attached hydrogens (tertiary/aromatic N) is 4. The highest BCUT2D eigenvalue weighted by atomic mass is 35.5. The summed E-state index contributed by atoms with van der Waals surface area (Å²) in [5, 5.41) is 12.9. The van der Waals surface area contributed by atoms with E-state index in [0.717, 1.165) is 23.7 Å². The third-order valence-electron chi connectivity index (χ3n) is 4.77. The van der Waals surface area contributed by atoms with Gasteiger partial charge in [-0.05, 0) is 53.3 Å². The van der Waals surface area contributed by atoms with Crippen molar-refractivity contribution < 1.29 is 0 Å². The first-order valence-electron chi connectivity index (χ1n) is 7.45.